The lowest BCUT2D eigenvalue weighted by molar-refractivity contribution is -0.138. The Morgan fingerprint density at radius 2 is 2.33 bits per heavy atom. The Bertz CT molecular complexity index is 206. The second kappa shape index (κ2) is 4.07. The number of rotatable bonds is 5. The van der Waals surface area contributed by atoms with Crippen LogP contribution >= 0.6 is 0 Å². The number of hydrogen-bond donors (Lipinski definition) is 1. The minimum Gasteiger partial charge on any atom is -0.480 e. The summed E-state index contributed by atoms with van der Waals surface area (Å²) in [6.45, 7) is 0.666. The van der Waals surface area contributed by atoms with Gasteiger partial charge in [0, 0.05) is 19.0 Å². The zero-order valence-electron chi connectivity index (χ0n) is 6.86. The Labute approximate surface area is 71.4 Å². The Kier molecular flexibility index (Phi) is 3.06. The largest absolute Gasteiger partial charge is 0.480 e. The molecule has 4 heteroatoms. The topological polar surface area (TPSA) is 64.3 Å². The molecule has 0 saturated heterocycles. The van der Waals surface area contributed by atoms with Gasteiger partial charge in [0.25, 0.3) is 0 Å². The maximum atomic E-state index is 10.4. The van der Waals surface area contributed by atoms with Gasteiger partial charge in [-0.1, -0.05) is 0 Å². The summed E-state index contributed by atoms with van der Waals surface area (Å²) < 4.78 is 0. The lowest BCUT2D eigenvalue weighted by Gasteiger charge is -2.17. The second-order valence-corrected chi connectivity index (χ2v) is 3.00. The fourth-order valence-electron chi connectivity index (χ4n) is 1.20. The van der Waals surface area contributed by atoms with E-state index in [2.05, 4.69) is 0 Å². The molecule has 0 unspecified atom stereocenters. The van der Waals surface area contributed by atoms with Gasteiger partial charge in [0.05, 0.1) is 12.6 Å². The summed E-state index contributed by atoms with van der Waals surface area (Å²) in [7, 11) is 0. The normalized spacial score (nSPS) is 16.0. The molecule has 1 saturated carbocycles. The minimum absolute atomic E-state index is 0.0757. The maximum Gasteiger partial charge on any atom is 0.317 e. The molecule has 66 valence electrons. The summed E-state index contributed by atoms with van der Waals surface area (Å²) in [5.74, 6) is -0.806. The Morgan fingerprint density at radius 3 is 2.75 bits per heavy atom. The number of hydrogen-bond acceptors (Lipinski definition) is 3. The molecule has 0 heterocycles. The van der Waals surface area contributed by atoms with E-state index in [4.69, 9.17) is 10.4 Å². The average Bonchev–Trinajstić information content (AvgIpc) is 2.79. The predicted octanol–water partition coefficient (Wildman–Crippen LogP) is 0.449. The molecule has 0 amide bonds. The van der Waals surface area contributed by atoms with E-state index < -0.39 is 5.97 Å². The van der Waals surface area contributed by atoms with Crippen molar-refractivity contribution in [2.24, 2.45) is 0 Å². The molecule has 0 aromatic heterocycles. The first-order valence-electron chi connectivity index (χ1n) is 4.07. The first-order chi connectivity index (χ1) is 5.74. The van der Waals surface area contributed by atoms with Crippen LogP contribution in [-0.4, -0.2) is 35.1 Å². The monoisotopic (exact) mass is 168 g/mol. The van der Waals surface area contributed by atoms with Gasteiger partial charge < -0.3 is 5.11 Å². The molecule has 1 aliphatic rings. The molecule has 12 heavy (non-hydrogen) atoms. The van der Waals surface area contributed by atoms with Crippen molar-refractivity contribution in [2.75, 3.05) is 13.1 Å². The first-order valence-corrected chi connectivity index (χ1v) is 4.07. The summed E-state index contributed by atoms with van der Waals surface area (Å²) in [6.07, 6.45) is 2.58. The zero-order valence-corrected chi connectivity index (χ0v) is 6.86. The number of nitriles is 1. The molecule has 0 aromatic carbocycles. The van der Waals surface area contributed by atoms with Crippen LogP contribution in [0.3, 0.4) is 0 Å². The molecule has 0 atom stereocenters. The van der Waals surface area contributed by atoms with Crippen LogP contribution in [0.4, 0.5) is 0 Å². The SMILES string of the molecule is N#CCCN(CC(=O)O)C1CC1. The number of carbonyl (C=O) groups is 1. The van der Waals surface area contributed by atoms with E-state index >= 15 is 0 Å². The molecule has 1 N–H and O–H groups in total. The molecular weight excluding hydrogens is 156 g/mol. The molecule has 0 aliphatic heterocycles. The summed E-state index contributed by atoms with van der Waals surface area (Å²) in [4.78, 5) is 12.2. The van der Waals surface area contributed by atoms with Crippen molar-refractivity contribution in [1.82, 2.24) is 4.90 Å². The van der Waals surface area contributed by atoms with Crippen molar-refractivity contribution in [3.8, 4) is 6.07 Å². The van der Waals surface area contributed by atoms with E-state index in [1.165, 1.54) is 0 Å². The van der Waals surface area contributed by atoms with Crippen molar-refractivity contribution in [3.63, 3.8) is 0 Å². The fraction of sp³-hybridized carbons (Fsp3) is 0.750. The quantitative estimate of drug-likeness (QED) is 0.647. The van der Waals surface area contributed by atoms with Crippen molar-refractivity contribution in [1.29, 1.82) is 5.26 Å². The number of aliphatic carboxylic acids is 1. The van der Waals surface area contributed by atoms with Gasteiger partial charge in [-0.15, -0.1) is 0 Å². The predicted molar refractivity (Wildman–Crippen MR) is 42.5 cm³/mol. The van der Waals surface area contributed by atoms with E-state index in [1.54, 1.807) is 0 Å². The van der Waals surface area contributed by atoms with Gasteiger partial charge in [-0.2, -0.15) is 5.26 Å². The Balaban J connectivity index is 2.28. The van der Waals surface area contributed by atoms with Crippen LogP contribution in [0.5, 0.6) is 0 Å². The fourth-order valence-corrected chi connectivity index (χ4v) is 1.20. The summed E-state index contributed by atoms with van der Waals surface area (Å²) in [5.41, 5.74) is 0. The summed E-state index contributed by atoms with van der Waals surface area (Å²) in [6, 6.07) is 2.44. The molecule has 4 nitrogen and oxygen atoms in total. The van der Waals surface area contributed by atoms with Crippen LogP contribution in [0.1, 0.15) is 19.3 Å². The van der Waals surface area contributed by atoms with E-state index in [-0.39, 0.29) is 6.54 Å². The Morgan fingerprint density at radius 1 is 1.67 bits per heavy atom. The molecule has 0 bridgehead atoms. The van der Waals surface area contributed by atoms with Gasteiger partial charge in [0.2, 0.25) is 0 Å². The lowest BCUT2D eigenvalue weighted by Crippen LogP contribution is -2.32. The highest BCUT2D eigenvalue weighted by atomic mass is 16.4. The van der Waals surface area contributed by atoms with Crippen LogP contribution in [0.15, 0.2) is 0 Å². The summed E-state index contributed by atoms with van der Waals surface area (Å²) >= 11 is 0. The highest BCUT2D eigenvalue weighted by Gasteiger charge is 2.29. The van der Waals surface area contributed by atoms with Crippen molar-refractivity contribution in [2.45, 2.75) is 25.3 Å². The molecule has 1 rings (SSSR count). The second-order valence-electron chi connectivity index (χ2n) is 3.00. The van der Waals surface area contributed by atoms with Crippen LogP contribution in [-0.2, 0) is 4.79 Å². The van der Waals surface area contributed by atoms with Crippen molar-refractivity contribution < 1.29 is 9.90 Å². The smallest absolute Gasteiger partial charge is 0.317 e. The molecule has 1 aliphatic carbocycles. The zero-order chi connectivity index (χ0) is 8.97. The average molecular weight is 168 g/mol. The summed E-state index contributed by atoms with van der Waals surface area (Å²) in [5, 5.41) is 16.9. The third-order valence-corrected chi connectivity index (χ3v) is 1.91. The highest BCUT2D eigenvalue weighted by Crippen LogP contribution is 2.26. The third kappa shape index (κ3) is 2.89. The van der Waals surface area contributed by atoms with E-state index in [9.17, 15) is 4.79 Å². The van der Waals surface area contributed by atoms with Crippen LogP contribution < -0.4 is 0 Å². The standard InChI is InChI=1S/C8H12N2O2/c9-4-1-5-10(6-8(11)12)7-2-3-7/h7H,1-3,5-6H2,(H,11,12). The van der Waals surface area contributed by atoms with Crippen molar-refractivity contribution in [3.05, 3.63) is 0 Å². The maximum absolute atomic E-state index is 10.4. The van der Waals surface area contributed by atoms with E-state index in [0.717, 1.165) is 12.8 Å². The minimum atomic E-state index is -0.806. The highest BCUT2D eigenvalue weighted by molar-refractivity contribution is 5.69. The van der Waals surface area contributed by atoms with Gasteiger partial charge in [-0.3, -0.25) is 9.69 Å². The molecule has 0 aromatic rings. The van der Waals surface area contributed by atoms with Gasteiger partial charge in [0.15, 0.2) is 0 Å². The van der Waals surface area contributed by atoms with Gasteiger partial charge in [-0.25, -0.2) is 0 Å². The first kappa shape index (κ1) is 9.01. The number of carboxylic acids is 1. The molecular formula is C8H12N2O2. The van der Waals surface area contributed by atoms with Crippen molar-refractivity contribution >= 4 is 5.97 Å². The van der Waals surface area contributed by atoms with Gasteiger partial charge in [-0.05, 0) is 12.8 Å². The van der Waals surface area contributed by atoms with Crippen LogP contribution in [0, 0.1) is 11.3 Å². The lowest BCUT2D eigenvalue weighted by atomic mass is 10.4. The van der Waals surface area contributed by atoms with Crippen LogP contribution in [0.2, 0.25) is 0 Å². The number of carboxylic acid groups (broad SMARTS) is 1. The Hall–Kier alpha value is -1.08. The van der Waals surface area contributed by atoms with Gasteiger partial charge in [0.1, 0.15) is 0 Å². The van der Waals surface area contributed by atoms with E-state index in [0.29, 0.717) is 19.0 Å². The molecule has 0 radical (unpaired) electrons. The van der Waals surface area contributed by atoms with Gasteiger partial charge >= 0.3 is 5.97 Å². The molecule has 1 fully saturated rings. The van der Waals surface area contributed by atoms with Crippen LogP contribution in [0.25, 0.3) is 0 Å². The number of nitrogens with zero attached hydrogens (tertiary/aromatic N) is 2. The third-order valence-electron chi connectivity index (χ3n) is 1.91. The van der Waals surface area contributed by atoms with E-state index in [1.807, 2.05) is 11.0 Å². The molecule has 0 spiro atoms.